The molecule has 4 nitrogen and oxygen atoms in total. The normalized spacial score (nSPS) is 10.6. The number of carbonyl (C=O) groups excluding carboxylic acids is 1. The van der Waals surface area contributed by atoms with Gasteiger partial charge in [-0.3, -0.25) is 4.79 Å². The van der Waals surface area contributed by atoms with E-state index in [0.717, 1.165) is 5.56 Å². The summed E-state index contributed by atoms with van der Waals surface area (Å²) in [6, 6.07) is 8.34. The molecule has 2 aromatic rings. The summed E-state index contributed by atoms with van der Waals surface area (Å²) in [7, 11) is 0. The molecule has 1 N–H and O–H groups in total. The van der Waals surface area contributed by atoms with Gasteiger partial charge in [-0.25, -0.2) is 9.97 Å². The molecule has 1 heterocycles. The molecular formula is C15H16ClN3O. The van der Waals surface area contributed by atoms with Gasteiger partial charge in [-0.2, -0.15) is 0 Å². The number of nitrogens with one attached hydrogen (secondary N) is 1. The summed E-state index contributed by atoms with van der Waals surface area (Å²) in [6.45, 7) is 4.89. The van der Waals surface area contributed by atoms with E-state index in [1.807, 2.05) is 0 Å². The number of nitrogens with zero attached hydrogens (tertiary/aromatic N) is 2. The van der Waals surface area contributed by atoms with Gasteiger partial charge >= 0.3 is 0 Å². The fraction of sp³-hybridized carbons (Fsp3) is 0.267. The van der Waals surface area contributed by atoms with E-state index in [4.69, 9.17) is 11.6 Å². The van der Waals surface area contributed by atoms with Crippen LogP contribution in [0, 0.1) is 0 Å². The second-order valence-corrected chi connectivity index (χ2v) is 5.15. The standard InChI is InChI=1S/C15H16ClN3O/c1-10(2)12-5-3-11(4-6-12)7-17-15-13(8-20)14(16)18-9-19-15/h3-6,8-10H,7H2,1-2H3,(H,17,18,19). The van der Waals surface area contributed by atoms with Crippen LogP contribution in [0.25, 0.3) is 0 Å². The highest BCUT2D eigenvalue weighted by molar-refractivity contribution is 6.32. The van der Waals surface area contributed by atoms with Gasteiger partial charge in [-0.1, -0.05) is 49.7 Å². The highest BCUT2D eigenvalue weighted by Gasteiger charge is 2.08. The maximum Gasteiger partial charge on any atom is 0.156 e. The number of carbonyl (C=O) groups is 1. The minimum absolute atomic E-state index is 0.160. The number of aldehydes is 1. The monoisotopic (exact) mass is 289 g/mol. The Morgan fingerprint density at radius 3 is 2.55 bits per heavy atom. The number of hydrogen-bond donors (Lipinski definition) is 1. The fourth-order valence-electron chi connectivity index (χ4n) is 1.83. The molecule has 0 aliphatic carbocycles. The molecule has 2 rings (SSSR count). The molecule has 0 atom stereocenters. The lowest BCUT2D eigenvalue weighted by Gasteiger charge is -2.10. The average Bonchev–Trinajstić information content (AvgIpc) is 2.45. The van der Waals surface area contributed by atoms with Crippen molar-refractivity contribution in [3.8, 4) is 0 Å². The minimum Gasteiger partial charge on any atom is -0.365 e. The number of anilines is 1. The van der Waals surface area contributed by atoms with E-state index in [0.29, 0.717) is 24.6 Å². The summed E-state index contributed by atoms with van der Waals surface area (Å²) >= 11 is 5.84. The number of rotatable bonds is 5. The molecule has 5 heteroatoms. The number of hydrogen-bond acceptors (Lipinski definition) is 4. The van der Waals surface area contributed by atoms with Crippen LogP contribution in [-0.4, -0.2) is 16.3 Å². The third kappa shape index (κ3) is 3.33. The Kier molecular flexibility index (Phi) is 4.69. The Bertz CT molecular complexity index is 597. The van der Waals surface area contributed by atoms with Crippen molar-refractivity contribution in [2.75, 3.05) is 5.32 Å². The van der Waals surface area contributed by atoms with Gasteiger partial charge in [0.25, 0.3) is 0 Å². The fourth-order valence-corrected chi connectivity index (χ4v) is 2.00. The molecule has 0 unspecified atom stereocenters. The molecule has 0 saturated carbocycles. The Morgan fingerprint density at radius 2 is 1.95 bits per heavy atom. The van der Waals surface area contributed by atoms with E-state index < -0.39 is 0 Å². The van der Waals surface area contributed by atoms with E-state index in [9.17, 15) is 4.79 Å². The van der Waals surface area contributed by atoms with Crippen molar-refractivity contribution in [3.05, 3.63) is 52.4 Å². The van der Waals surface area contributed by atoms with Gasteiger partial charge in [0, 0.05) is 6.54 Å². The molecule has 1 aromatic carbocycles. The van der Waals surface area contributed by atoms with Crippen LogP contribution in [0.1, 0.15) is 41.3 Å². The second-order valence-electron chi connectivity index (χ2n) is 4.79. The van der Waals surface area contributed by atoms with Crippen LogP contribution in [0.15, 0.2) is 30.6 Å². The number of aromatic nitrogens is 2. The first-order valence-electron chi connectivity index (χ1n) is 6.40. The molecular weight excluding hydrogens is 274 g/mol. The van der Waals surface area contributed by atoms with Crippen LogP contribution >= 0.6 is 11.6 Å². The molecule has 0 radical (unpaired) electrons. The van der Waals surface area contributed by atoms with Gasteiger partial charge in [0.15, 0.2) is 6.29 Å². The summed E-state index contributed by atoms with van der Waals surface area (Å²) < 4.78 is 0. The zero-order valence-electron chi connectivity index (χ0n) is 11.4. The predicted octanol–water partition coefficient (Wildman–Crippen LogP) is 3.68. The molecule has 104 valence electrons. The van der Waals surface area contributed by atoms with Gasteiger partial charge in [0.2, 0.25) is 0 Å². The van der Waals surface area contributed by atoms with Crippen molar-refractivity contribution in [2.24, 2.45) is 0 Å². The largest absolute Gasteiger partial charge is 0.365 e. The van der Waals surface area contributed by atoms with Crippen molar-refractivity contribution in [3.63, 3.8) is 0 Å². The van der Waals surface area contributed by atoms with Crippen molar-refractivity contribution in [1.82, 2.24) is 9.97 Å². The SMILES string of the molecule is CC(C)c1ccc(CNc2ncnc(Cl)c2C=O)cc1. The summed E-state index contributed by atoms with van der Waals surface area (Å²) in [4.78, 5) is 18.8. The summed E-state index contributed by atoms with van der Waals surface area (Å²) in [5.74, 6) is 0.965. The van der Waals surface area contributed by atoms with Crippen molar-refractivity contribution >= 4 is 23.7 Å². The zero-order chi connectivity index (χ0) is 14.5. The first-order valence-corrected chi connectivity index (χ1v) is 6.78. The summed E-state index contributed by atoms with van der Waals surface area (Å²) in [5.41, 5.74) is 2.70. The van der Waals surface area contributed by atoms with Crippen molar-refractivity contribution in [1.29, 1.82) is 0 Å². The summed E-state index contributed by atoms with van der Waals surface area (Å²) in [6.07, 6.45) is 1.99. The molecule has 0 spiro atoms. The molecule has 0 aliphatic heterocycles. The lowest BCUT2D eigenvalue weighted by molar-refractivity contribution is 0.112. The molecule has 0 amide bonds. The Morgan fingerprint density at radius 1 is 1.25 bits per heavy atom. The van der Waals surface area contributed by atoms with Crippen molar-refractivity contribution in [2.45, 2.75) is 26.3 Å². The maximum absolute atomic E-state index is 11.0. The maximum atomic E-state index is 11.0. The Labute approximate surface area is 123 Å². The van der Waals surface area contributed by atoms with Gasteiger partial charge in [0.1, 0.15) is 17.3 Å². The second kappa shape index (κ2) is 6.48. The third-order valence-corrected chi connectivity index (χ3v) is 3.36. The number of halogens is 1. The average molecular weight is 290 g/mol. The molecule has 20 heavy (non-hydrogen) atoms. The number of benzene rings is 1. The van der Waals surface area contributed by atoms with E-state index in [1.165, 1.54) is 11.9 Å². The molecule has 0 saturated heterocycles. The van der Waals surface area contributed by atoms with E-state index in [1.54, 1.807) is 0 Å². The highest BCUT2D eigenvalue weighted by Crippen LogP contribution is 2.19. The van der Waals surface area contributed by atoms with Gasteiger partial charge in [-0.15, -0.1) is 0 Å². The molecule has 0 aliphatic rings. The topological polar surface area (TPSA) is 54.9 Å². The smallest absolute Gasteiger partial charge is 0.156 e. The van der Waals surface area contributed by atoms with E-state index in [2.05, 4.69) is 53.4 Å². The zero-order valence-corrected chi connectivity index (χ0v) is 12.2. The highest BCUT2D eigenvalue weighted by atomic mass is 35.5. The first kappa shape index (κ1) is 14.5. The Balaban J connectivity index is 2.09. The third-order valence-electron chi connectivity index (χ3n) is 3.06. The van der Waals surface area contributed by atoms with Crippen molar-refractivity contribution < 1.29 is 4.79 Å². The molecule has 0 bridgehead atoms. The first-order chi connectivity index (χ1) is 9.61. The van der Waals surface area contributed by atoms with Crippen LogP contribution in [0.5, 0.6) is 0 Å². The van der Waals surface area contributed by atoms with Gasteiger partial charge in [0.05, 0.1) is 5.56 Å². The van der Waals surface area contributed by atoms with Gasteiger partial charge in [-0.05, 0) is 17.0 Å². The van der Waals surface area contributed by atoms with Crippen LogP contribution in [0.2, 0.25) is 5.15 Å². The summed E-state index contributed by atoms with van der Waals surface area (Å²) in [5, 5.41) is 3.26. The Hall–Kier alpha value is -1.94. The van der Waals surface area contributed by atoms with Crippen LogP contribution in [0.4, 0.5) is 5.82 Å². The lowest BCUT2D eigenvalue weighted by atomic mass is 10.0. The van der Waals surface area contributed by atoms with Crippen LogP contribution in [0.3, 0.4) is 0 Å². The predicted molar refractivity (Wildman–Crippen MR) is 80.3 cm³/mol. The van der Waals surface area contributed by atoms with Crippen LogP contribution in [-0.2, 0) is 6.54 Å². The minimum atomic E-state index is 0.160. The van der Waals surface area contributed by atoms with Crippen LogP contribution < -0.4 is 5.32 Å². The molecule has 1 aromatic heterocycles. The van der Waals surface area contributed by atoms with Gasteiger partial charge < -0.3 is 5.32 Å². The lowest BCUT2D eigenvalue weighted by Crippen LogP contribution is -2.05. The quantitative estimate of drug-likeness (QED) is 0.674. The van der Waals surface area contributed by atoms with E-state index >= 15 is 0 Å². The van der Waals surface area contributed by atoms with E-state index in [-0.39, 0.29) is 10.7 Å². The molecule has 0 fully saturated rings.